The van der Waals surface area contributed by atoms with Crippen LogP contribution >= 0.6 is 0 Å². The molecule has 0 saturated heterocycles. The Kier molecular flexibility index (Phi) is 14.4. The summed E-state index contributed by atoms with van der Waals surface area (Å²) in [4.78, 5) is 0. The van der Waals surface area contributed by atoms with Crippen LogP contribution in [0.15, 0.2) is 97.1 Å². The molecular weight excluding hydrogens is 659 g/mol. The summed E-state index contributed by atoms with van der Waals surface area (Å²) in [5.41, 5.74) is 13.6. The summed E-state index contributed by atoms with van der Waals surface area (Å²) in [7, 11) is 0. The number of hydrogen-bond acceptors (Lipinski definition) is 0. The Balaban J connectivity index is 0.000000257. The Labute approximate surface area is 286 Å². The van der Waals surface area contributed by atoms with E-state index in [-0.39, 0.29) is 30.2 Å². The summed E-state index contributed by atoms with van der Waals surface area (Å²) in [6.45, 7) is 17.6. The number of rotatable bonds is 3. The first kappa shape index (κ1) is 37.0. The SMILES string of the molecule is CCc1cc2c(-c3ccc(C)cc3)ccc(C)c2[cH-]1.C[Si](C)=[Zr+2].Cc1ccc(-c2ccc(C)c3[cH-]c(C)cc23)cc1.[Cl-].[Cl-]. The van der Waals surface area contributed by atoms with Crippen LogP contribution in [0.25, 0.3) is 43.8 Å². The van der Waals surface area contributed by atoms with Crippen molar-refractivity contribution in [3.05, 3.63) is 130 Å². The van der Waals surface area contributed by atoms with E-state index in [2.05, 4.69) is 152 Å². The monoisotopic (exact) mass is 698 g/mol. The van der Waals surface area contributed by atoms with Gasteiger partial charge in [0.1, 0.15) is 0 Å². The van der Waals surface area contributed by atoms with Crippen LogP contribution in [0.5, 0.6) is 0 Å². The Morgan fingerprint density at radius 3 is 1.40 bits per heavy atom. The van der Waals surface area contributed by atoms with Crippen LogP contribution in [0.3, 0.4) is 0 Å². The van der Waals surface area contributed by atoms with E-state index in [0.29, 0.717) is 0 Å². The molecule has 0 N–H and O–H groups in total. The standard InChI is InChI=1S/C19H19.C18H17.C2H6Si.2ClH.Zr/c1-4-15-11-18-14(3)7-10-17(19(18)12-15)16-8-5-13(2)6-9-16;1-12-4-7-15(8-5-12)16-9-6-14(3)17-10-13(2)11-18(16)17;1-3-2;;;/h5-12H,4H2,1-3H3;4-11H,1-3H3;1-2H3;2*1H;/q2*-1;;;;+2/p-2. The van der Waals surface area contributed by atoms with Crippen LogP contribution in [0.1, 0.15) is 40.3 Å². The number of benzene rings is 4. The van der Waals surface area contributed by atoms with Crippen LogP contribution in [-0.4, -0.2) is 5.43 Å². The second kappa shape index (κ2) is 16.7. The number of hydrogen-bond donors (Lipinski definition) is 0. The second-order valence-corrected chi connectivity index (χ2v) is 20.9. The zero-order valence-electron chi connectivity index (χ0n) is 26.7. The molecule has 0 unspecified atom stereocenters. The van der Waals surface area contributed by atoms with Gasteiger partial charge in [-0.15, -0.1) is 68.1 Å². The van der Waals surface area contributed by atoms with Gasteiger partial charge < -0.3 is 24.8 Å². The molecule has 6 aromatic carbocycles. The molecule has 0 fully saturated rings. The van der Waals surface area contributed by atoms with Gasteiger partial charge in [0.2, 0.25) is 0 Å². The molecule has 0 atom stereocenters. The largest absolute Gasteiger partial charge is 1.00 e. The Hall–Kier alpha value is -2.22. The number of halogens is 2. The summed E-state index contributed by atoms with van der Waals surface area (Å²) < 4.78 is 0. The van der Waals surface area contributed by atoms with E-state index < -0.39 is 0 Å². The molecule has 0 bridgehead atoms. The fourth-order valence-corrected chi connectivity index (χ4v) is 5.27. The van der Waals surface area contributed by atoms with E-state index in [4.69, 9.17) is 0 Å². The van der Waals surface area contributed by atoms with E-state index in [9.17, 15) is 0 Å². The van der Waals surface area contributed by atoms with Crippen molar-refractivity contribution in [3.8, 4) is 22.3 Å². The molecule has 0 nitrogen and oxygen atoms in total. The van der Waals surface area contributed by atoms with Crippen molar-refractivity contribution < 1.29 is 48.1 Å². The summed E-state index contributed by atoms with van der Waals surface area (Å²) in [5, 5.41) is 5.54. The van der Waals surface area contributed by atoms with Crippen molar-refractivity contribution in [3.63, 3.8) is 0 Å². The Bertz CT molecular complexity index is 1780. The minimum Gasteiger partial charge on any atom is -1.00 e. The van der Waals surface area contributed by atoms with E-state index in [1.807, 2.05) is 0 Å². The predicted molar refractivity (Wildman–Crippen MR) is 180 cm³/mol. The van der Waals surface area contributed by atoms with Gasteiger partial charge in [-0.25, -0.2) is 0 Å². The summed E-state index contributed by atoms with van der Waals surface area (Å²) in [6, 6.07) is 35.8. The molecular formula is C39H42Cl2SiZr-2. The van der Waals surface area contributed by atoms with Crippen molar-refractivity contribution >= 4 is 27.0 Å². The first-order valence-electron chi connectivity index (χ1n) is 14.6. The molecule has 43 heavy (non-hydrogen) atoms. The Morgan fingerprint density at radius 2 is 0.977 bits per heavy atom. The molecule has 4 heteroatoms. The molecule has 0 radical (unpaired) electrons. The zero-order chi connectivity index (χ0) is 29.7. The van der Waals surface area contributed by atoms with Gasteiger partial charge in [-0.1, -0.05) is 111 Å². The van der Waals surface area contributed by atoms with Crippen molar-refractivity contribution in [2.24, 2.45) is 0 Å². The molecule has 0 spiro atoms. The van der Waals surface area contributed by atoms with Gasteiger partial charge >= 0.3 is 41.9 Å². The van der Waals surface area contributed by atoms with Gasteiger partial charge in [0.05, 0.1) is 0 Å². The van der Waals surface area contributed by atoms with E-state index in [1.165, 1.54) is 77.2 Å². The van der Waals surface area contributed by atoms with Crippen molar-refractivity contribution in [1.29, 1.82) is 0 Å². The molecule has 222 valence electrons. The van der Waals surface area contributed by atoms with Crippen molar-refractivity contribution in [1.82, 2.24) is 0 Å². The summed E-state index contributed by atoms with van der Waals surface area (Å²) in [6.07, 6.45) is 1.10. The first-order valence-corrected chi connectivity index (χ1v) is 20.8. The van der Waals surface area contributed by atoms with Crippen LogP contribution in [0.2, 0.25) is 13.1 Å². The van der Waals surface area contributed by atoms with Crippen molar-refractivity contribution in [2.75, 3.05) is 0 Å². The van der Waals surface area contributed by atoms with E-state index >= 15 is 0 Å². The van der Waals surface area contributed by atoms with Gasteiger partial charge in [0.25, 0.3) is 0 Å². The minimum atomic E-state index is 0. The van der Waals surface area contributed by atoms with E-state index in [0.717, 1.165) is 6.42 Å². The predicted octanol–water partition coefficient (Wildman–Crippen LogP) is 5.35. The summed E-state index contributed by atoms with van der Waals surface area (Å²) in [5.74, 6) is 0. The molecule has 0 saturated carbocycles. The first-order chi connectivity index (χ1) is 19.6. The van der Waals surface area contributed by atoms with Gasteiger partial charge in [0, 0.05) is 0 Å². The quantitative estimate of drug-likeness (QED) is 0.173. The number of fused-ring (bicyclic) bond motifs is 2. The van der Waals surface area contributed by atoms with Crippen LogP contribution in [-0.2, 0) is 29.8 Å². The maximum Gasteiger partial charge on any atom is -0.0279 e. The van der Waals surface area contributed by atoms with Gasteiger partial charge in [0.15, 0.2) is 0 Å². The van der Waals surface area contributed by atoms with E-state index in [1.54, 1.807) is 23.3 Å². The molecule has 0 aliphatic carbocycles. The van der Waals surface area contributed by atoms with Crippen LogP contribution in [0, 0.1) is 34.6 Å². The fourth-order valence-electron chi connectivity index (χ4n) is 5.27. The zero-order valence-corrected chi connectivity index (χ0v) is 31.7. The fraction of sp³-hybridized carbons (Fsp3) is 0.231. The topological polar surface area (TPSA) is 0 Å². The average molecular weight is 701 g/mol. The van der Waals surface area contributed by atoms with Crippen LogP contribution in [0.4, 0.5) is 0 Å². The third-order valence-electron chi connectivity index (χ3n) is 7.55. The molecule has 6 rings (SSSR count). The van der Waals surface area contributed by atoms with Crippen molar-refractivity contribution in [2.45, 2.75) is 61.1 Å². The smallest absolute Gasteiger partial charge is 0.0279 e. The molecule has 0 heterocycles. The van der Waals surface area contributed by atoms with Gasteiger partial charge in [-0.05, 0) is 31.4 Å². The summed E-state index contributed by atoms with van der Waals surface area (Å²) >= 11 is 1.74. The number of aryl methyl sites for hydroxylation is 6. The maximum absolute atomic E-state index is 2.34. The molecule has 6 aromatic rings. The molecule has 0 aliphatic heterocycles. The minimum absolute atomic E-state index is 0. The molecule has 0 amide bonds. The average Bonchev–Trinajstić information content (AvgIpc) is 3.55. The van der Waals surface area contributed by atoms with Gasteiger partial charge in [-0.2, -0.15) is 12.1 Å². The third kappa shape index (κ3) is 9.39. The Morgan fingerprint density at radius 1 is 0.581 bits per heavy atom. The second-order valence-electron chi connectivity index (χ2n) is 11.5. The molecule has 0 aromatic heterocycles. The molecule has 0 aliphatic rings. The normalized spacial score (nSPS) is 10.2. The van der Waals surface area contributed by atoms with Gasteiger partial charge in [-0.3, -0.25) is 0 Å². The third-order valence-corrected chi connectivity index (χ3v) is 7.55. The van der Waals surface area contributed by atoms with Crippen LogP contribution < -0.4 is 24.8 Å². The maximum atomic E-state index is 2.34.